The fourth-order valence-corrected chi connectivity index (χ4v) is 2.79. The highest BCUT2D eigenvalue weighted by Crippen LogP contribution is 2.23. The molecule has 118 valence electrons. The summed E-state index contributed by atoms with van der Waals surface area (Å²) in [5.74, 6) is 5.33. The van der Waals surface area contributed by atoms with E-state index in [0.717, 1.165) is 22.1 Å². The Morgan fingerprint density at radius 1 is 1.00 bits per heavy atom. The monoisotopic (exact) mass is 313 g/mol. The molecule has 0 bridgehead atoms. The summed E-state index contributed by atoms with van der Waals surface area (Å²) in [6.07, 6.45) is 0. The molecule has 0 aliphatic heterocycles. The Hall–Kier alpha value is -3.05. The Labute approximate surface area is 142 Å². The van der Waals surface area contributed by atoms with Gasteiger partial charge >= 0.3 is 0 Å². The number of rotatable bonds is 2. The average Bonchev–Trinajstić information content (AvgIpc) is 2.59. The number of fused-ring (bicyclic) bond motifs is 1. The van der Waals surface area contributed by atoms with Gasteiger partial charge in [0.2, 0.25) is 0 Å². The summed E-state index contributed by atoms with van der Waals surface area (Å²) in [6.45, 7) is 3.99. The van der Waals surface area contributed by atoms with Gasteiger partial charge in [-0.15, -0.1) is 0 Å². The van der Waals surface area contributed by atoms with E-state index in [-0.39, 0.29) is 11.9 Å². The SMILES string of the molecule is Cc1cccc(C#CC(=O)N[C@H](C)c2cccc3ccccc23)c1. The van der Waals surface area contributed by atoms with Crippen molar-refractivity contribution in [2.45, 2.75) is 19.9 Å². The summed E-state index contributed by atoms with van der Waals surface area (Å²) in [4.78, 5) is 12.1. The number of benzene rings is 3. The van der Waals surface area contributed by atoms with Gasteiger partial charge in [0.05, 0.1) is 6.04 Å². The van der Waals surface area contributed by atoms with Gasteiger partial charge < -0.3 is 5.32 Å². The van der Waals surface area contributed by atoms with Crippen molar-refractivity contribution in [3.63, 3.8) is 0 Å². The maximum Gasteiger partial charge on any atom is 0.296 e. The molecule has 0 aromatic heterocycles. The molecule has 1 atom stereocenters. The first kappa shape index (κ1) is 15.8. The number of hydrogen-bond donors (Lipinski definition) is 1. The number of carbonyl (C=O) groups excluding carboxylic acids is 1. The second-order valence-electron chi connectivity index (χ2n) is 5.88. The van der Waals surface area contributed by atoms with E-state index in [0.29, 0.717) is 0 Å². The third-order valence-electron chi connectivity index (χ3n) is 3.98. The highest BCUT2D eigenvalue weighted by Gasteiger charge is 2.10. The van der Waals surface area contributed by atoms with Crippen LogP contribution in [0.25, 0.3) is 10.8 Å². The van der Waals surface area contributed by atoms with Crippen LogP contribution in [0.3, 0.4) is 0 Å². The number of amides is 1. The largest absolute Gasteiger partial charge is 0.339 e. The molecule has 0 saturated carbocycles. The molecule has 1 amide bonds. The molecule has 1 N–H and O–H groups in total. The Balaban J connectivity index is 1.77. The van der Waals surface area contributed by atoms with E-state index in [1.54, 1.807) is 0 Å². The van der Waals surface area contributed by atoms with Gasteiger partial charge in [0, 0.05) is 11.5 Å². The molecule has 0 radical (unpaired) electrons. The molecular weight excluding hydrogens is 294 g/mol. The zero-order valence-corrected chi connectivity index (χ0v) is 13.8. The summed E-state index contributed by atoms with van der Waals surface area (Å²) in [5, 5.41) is 5.28. The minimum atomic E-state index is -0.267. The lowest BCUT2D eigenvalue weighted by atomic mass is 10.00. The summed E-state index contributed by atoms with van der Waals surface area (Å²) >= 11 is 0. The van der Waals surface area contributed by atoms with E-state index in [1.165, 1.54) is 5.39 Å². The van der Waals surface area contributed by atoms with Crippen molar-refractivity contribution < 1.29 is 4.79 Å². The van der Waals surface area contributed by atoms with Gasteiger partial charge in [-0.3, -0.25) is 4.79 Å². The Morgan fingerprint density at radius 2 is 1.75 bits per heavy atom. The van der Waals surface area contributed by atoms with Gasteiger partial charge in [0.1, 0.15) is 0 Å². The molecule has 2 nitrogen and oxygen atoms in total. The van der Waals surface area contributed by atoms with Gasteiger partial charge in [-0.2, -0.15) is 0 Å². The van der Waals surface area contributed by atoms with E-state index in [2.05, 4.69) is 35.4 Å². The predicted octanol–water partition coefficient (Wildman–Crippen LogP) is 4.38. The maximum atomic E-state index is 12.1. The fourth-order valence-electron chi connectivity index (χ4n) is 2.79. The quantitative estimate of drug-likeness (QED) is 0.699. The van der Waals surface area contributed by atoms with Crippen LogP contribution in [0.2, 0.25) is 0 Å². The van der Waals surface area contributed by atoms with Gasteiger partial charge in [-0.05, 0) is 47.9 Å². The van der Waals surface area contributed by atoms with E-state index in [1.807, 2.05) is 62.4 Å². The topological polar surface area (TPSA) is 29.1 Å². The maximum absolute atomic E-state index is 12.1. The molecule has 3 aromatic carbocycles. The molecule has 0 spiro atoms. The van der Waals surface area contributed by atoms with Crippen molar-refractivity contribution in [1.82, 2.24) is 5.32 Å². The van der Waals surface area contributed by atoms with E-state index in [9.17, 15) is 4.79 Å². The van der Waals surface area contributed by atoms with Crippen LogP contribution in [0.15, 0.2) is 66.7 Å². The summed E-state index contributed by atoms with van der Waals surface area (Å²) in [6, 6.07) is 22.0. The van der Waals surface area contributed by atoms with Crippen molar-refractivity contribution in [1.29, 1.82) is 0 Å². The van der Waals surface area contributed by atoms with Crippen molar-refractivity contribution in [3.05, 3.63) is 83.4 Å². The second kappa shape index (κ2) is 7.02. The second-order valence-corrected chi connectivity index (χ2v) is 5.88. The minimum absolute atomic E-state index is 0.101. The molecule has 0 heterocycles. The summed E-state index contributed by atoms with van der Waals surface area (Å²) in [7, 11) is 0. The van der Waals surface area contributed by atoms with Crippen molar-refractivity contribution in [2.75, 3.05) is 0 Å². The van der Waals surface area contributed by atoms with Crippen LogP contribution in [0.1, 0.15) is 29.7 Å². The first-order valence-electron chi connectivity index (χ1n) is 8.00. The average molecular weight is 313 g/mol. The lowest BCUT2D eigenvalue weighted by Crippen LogP contribution is -2.25. The highest BCUT2D eigenvalue weighted by molar-refractivity contribution is 5.95. The third kappa shape index (κ3) is 3.64. The number of nitrogens with one attached hydrogen (secondary N) is 1. The first-order valence-corrected chi connectivity index (χ1v) is 8.00. The van der Waals surface area contributed by atoms with Crippen molar-refractivity contribution >= 4 is 16.7 Å². The number of aryl methyl sites for hydroxylation is 1. The standard InChI is InChI=1S/C22H19NO/c1-16-7-5-8-18(15-16)13-14-22(24)23-17(2)20-12-6-10-19-9-3-4-11-21(19)20/h3-12,15,17H,1-2H3,(H,23,24)/t17-/m1/s1. The van der Waals surface area contributed by atoms with Crippen LogP contribution in [0, 0.1) is 18.8 Å². The zero-order valence-electron chi connectivity index (χ0n) is 13.8. The molecule has 0 aliphatic rings. The molecule has 2 heteroatoms. The number of hydrogen-bond acceptors (Lipinski definition) is 1. The predicted molar refractivity (Wildman–Crippen MR) is 98.6 cm³/mol. The summed E-state index contributed by atoms with van der Waals surface area (Å²) < 4.78 is 0. The molecule has 0 saturated heterocycles. The van der Waals surface area contributed by atoms with E-state index >= 15 is 0 Å². The lowest BCUT2D eigenvalue weighted by molar-refractivity contribution is -0.116. The third-order valence-corrected chi connectivity index (χ3v) is 3.98. The van der Waals surface area contributed by atoms with Crippen LogP contribution < -0.4 is 5.32 Å². The molecule has 0 unspecified atom stereocenters. The molecule has 0 aliphatic carbocycles. The molecule has 24 heavy (non-hydrogen) atoms. The van der Waals surface area contributed by atoms with Crippen LogP contribution >= 0.6 is 0 Å². The normalized spacial score (nSPS) is 11.4. The molecule has 0 fully saturated rings. The molecular formula is C22H19NO. The van der Waals surface area contributed by atoms with Crippen molar-refractivity contribution in [2.24, 2.45) is 0 Å². The Morgan fingerprint density at radius 3 is 2.58 bits per heavy atom. The highest BCUT2D eigenvalue weighted by atomic mass is 16.1. The fraction of sp³-hybridized carbons (Fsp3) is 0.136. The van der Waals surface area contributed by atoms with E-state index < -0.39 is 0 Å². The van der Waals surface area contributed by atoms with Gasteiger partial charge in [0.25, 0.3) is 5.91 Å². The van der Waals surface area contributed by atoms with Gasteiger partial charge in [-0.1, -0.05) is 60.5 Å². The van der Waals surface area contributed by atoms with Gasteiger partial charge in [-0.25, -0.2) is 0 Å². The first-order chi connectivity index (χ1) is 11.6. The van der Waals surface area contributed by atoms with Crippen LogP contribution in [-0.2, 0) is 4.79 Å². The van der Waals surface area contributed by atoms with E-state index in [4.69, 9.17) is 0 Å². The number of carbonyl (C=O) groups is 1. The Bertz CT molecular complexity index is 941. The molecule has 3 aromatic rings. The van der Waals surface area contributed by atoms with Crippen LogP contribution in [0.5, 0.6) is 0 Å². The minimum Gasteiger partial charge on any atom is -0.339 e. The van der Waals surface area contributed by atoms with Crippen molar-refractivity contribution in [3.8, 4) is 11.8 Å². The molecule has 3 rings (SSSR count). The lowest BCUT2D eigenvalue weighted by Gasteiger charge is -2.15. The van der Waals surface area contributed by atoms with Crippen LogP contribution in [-0.4, -0.2) is 5.91 Å². The van der Waals surface area contributed by atoms with Crippen LogP contribution in [0.4, 0.5) is 0 Å². The zero-order chi connectivity index (χ0) is 16.9. The Kier molecular flexibility index (Phi) is 4.63. The smallest absolute Gasteiger partial charge is 0.296 e. The summed E-state index contributed by atoms with van der Waals surface area (Å²) in [5.41, 5.74) is 3.08. The van der Waals surface area contributed by atoms with Gasteiger partial charge in [0.15, 0.2) is 0 Å².